The molecule has 114 valence electrons. The second-order valence-electron chi connectivity index (χ2n) is 4.88. The topological polar surface area (TPSA) is 35.8 Å². The Bertz CT molecular complexity index is 753. The molecule has 3 aromatic rings. The van der Waals surface area contributed by atoms with Gasteiger partial charge in [0.15, 0.2) is 0 Å². The predicted octanol–water partition coefficient (Wildman–Crippen LogP) is 3.75. The van der Waals surface area contributed by atoms with Gasteiger partial charge in [-0.1, -0.05) is 0 Å². The standard InChI is InChI=1S/C17H17FN2O2/c1-21-15-7-8-17-19-16(12-20(17)11-15)13-3-5-14(6-4-13)22-10-2-9-18/h3-8,11-12H,2,9-10H2,1H3/i18-1. The number of imidazole rings is 1. The zero-order valence-electron chi connectivity index (χ0n) is 12.3. The number of halogens is 1. The number of alkyl halides is 1. The highest BCUT2D eigenvalue weighted by Gasteiger charge is 2.05. The highest BCUT2D eigenvalue weighted by Crippen LogP contribution is 2.23. The van der Waals surface area contributed by atoms with E-state index >= 15 is 0 Å². The lowest BCUT2D eigenvalue weighted by molar-refractivity contribution is 0.289. The zero-order valence-corrected chi connectivity index (χ0v) is 12.3. The average Bonchev–Trinajstić information content (AvgIpc) is 2.98. The van der Waals surface area contributed by atoms with Crippen LogP contribution < -0.4 is 9.47 Å². The lowest BCUT2D eigenvalue weighted by atomic mass is 10.2. The summed E-state index contributed by atoms with van der Waals surface area (Å²) in [7, 11) is 1.64. The monoisotopic (exact) mass is 299 g/mol. The molecule has 0 unspecified atom stereocenters. The van der Waals surface area contributed by atoms with Gasteiger partial charge in [-0.2, -0.15) is 0 Å². The minimum Gasteiger partial charge on any atom is -0.495 e. The third-order valence-corrected chi connectivity index (χ3v) is 3.36. The summed E-state index contributed by atoms with van der Waals surface area (Å²) < 4.78 is 24.6. The summed E-state index contributed by atoms with van der Waals surface area (Å²) in [6, 6.07) is 11.4. The maximum Gasteiger partial charge on any atom is 0.137 e. The predicted molar refractivity (Wildman–Crippen MR) is 83.3 cm³/mol. The molecule has 0 N–H and O–H groups in total. The van der Waals surface area contributed by atoms with E-state index in [1.165, 1.54) is 0 Å². The van der Waals surface area contributed by atoms with Crippen LogP contribution in [0.4, 0.5) is 4.39 Å². The Balaban J connectivity index is 1.81. The van der Waals surface area contributed by atoms with Crippen LogP contribution >= 0.6 is 0 Å². The highest BCUT2D eigenvalue weighted by molar-refractivity contribution is 5.63. The molecule has 2 aromatic heterocycles. The van der Waals surface area contributed by atoms with Crippen LogP contribution in [0.15, 0.2) is 48.8 Å². The fourth-order valence-corrected chi connectivity index (χ4v) is 2.20. The molecule has 0 spiro atoms. The summed E-state index contributed by atoms with van der Waals surface area (Å²) >= 11 is 0. The van der Waals surface area contributed by atoms with Crippen molar-refractivity contribution in [2.45, 2.75) is 6.42 Å². The fraction of sp³-hybridized carbons (Fsp3) is 0.235. The van der Waals surface area contributed by atoms with Crippen molar-refractivity contribution in [3.8, 4) is 22.8 Å². The van der Waals surface area contributed by atoms with Crippen molar-refractivity contribution in [1.82, 2.24) is 9.38 Å². The number of nitrogens with zero attached hydrogens (tertiary/aromatic N) is 2. The fourth-order valence-electron chi connectivity index (χ4n) is 2.20. The summed E-state index contributed by atoms with van der Waals surface area (Å²) in [6.45, 7) is 0.0345. The summed E-state index contributed by atoms with van der Waals surface area (Å²) in [6.07, 6.45) is 4.26. The summed E-state index contributed by atoms with van der Waals surface area (Å²) in [4.78, 5) is 4.58. The maximum absolute atomic E-state index is 12.0. The Kier molecular flexibility index (Phi) is 4.23. The Morgan fingerprint density at radius 3 is 2.55 bits per heavy atom. The van der Waals surface area contributed by atoms with Gasteiger partial charge in [-0.3, -0.25) is 4.39 Å². The van der Waals surface area contributed by atoms with Crippen molar-refractivity contribution in [3.63, 3.8) is 0 Å². The lowest BCUT2D eigenvalue weighted by Gasteiger charge is -2.04. The van der Waals surface area contributed by atoms with Crippen molar-refractivity contribution < 1.29 is 13.9 Å². The molecular formula is C17H17FN2O2. The van der Waals surface area contributed by atoms with Gasteiger partial charge < -0.3 is 13.9 Å². The van der Waals surface area contributed by atoms with Gasteiger partial charge in [-0.25, -0.2) is 4.98 Å². The Hall–Kier alpha value is -2.56. The maximum atomic E-state index is 12.0. The zero-order chi connectivity index (χ0) is 15.4. The molecule has 3 rings (SSSR count). The van der Waals surface area contributed by atoms with E-state index in [4.69, 9.17) is 9.47 Å². The van der Waals surface area contributed by atoms with Gasteiger partial charge in [0.1, 0.15) is 17.1 Å². The first-order valence-electron chi connectivity index (χ1n) is 7.12. The number of hydrogen-bond acceptors (Lipinski definition) is 3. The van der Waals surface area contributed by atoms with Crippen molar-refractivity contribution >= 4 is 5.65 Å². The van der Waals surface area contributed by atoms with Gasteiger partial charge in [0.05, 0.1) is 32.3 Å². The quantitative estimate of drug-likeness (QED) is 0.650. The Labute approximate surface area is 128 Å². The van der Waals surface area contributed by atoms with Gasteiger partial charge in [0, 0.05) is 18.2 Å². The molecular weight excluding hydrogens is 282 g/mol. The number of rotatable bonds is 6. The van der Waals surface area contributed by atoms with Gasteiger partial charge in [-0.15, -0.1) is 0 Å². The number of aromatic nitrogens is 2. The molecule has 0 saturated carbocycles. The molecule has 0 aliphatic rings. The van der Waals surface area contributed by atoms with E-state index in [9.17, 15) is 4.39 Å². The van der Waals surface area contributed by atoms with Crippen LogP contribution in [0.25, 0.3) is 16.9 Å². The smallest absolute Gasteiger partial charge is 0.137 e. The third kappa shape index (κ3) is 3.03. The lowest BCUT2D eigenvalue weighted by Crippen LogP contribution is -1.97. The number of ether oxygens (including phenoxy) is 2. The normalized spacial score (nSPS) is 10.8. The average molecular weight is 299 g/mol. The molecule has 4 nitrogen and oxygen atoms in total. The summed E-state index contributed by atoms with van der Waals surface area (Å²) in [5, 5.41) is 0. The number of fused-ring (bicyclic) bond motifs is 1. The molecule has 0 aliphatic heterocycles. The van der Waals surface area contributed by atoms with Crippen molar-refractivity contribution in [2.24, 2.45) is 0 Å². The molecule has 0 radical (unpaired) electrons. The molecule has 2 heterocycles. The first-order chi connectivity index (χ1) is 10.8. The van der Waals surface area contributed by atoms with Gasteiger partial charge in [0.2, 0.25) is 0 Å². The van der Waals surface area contributed by atoms with Crippen LogP contribution in [0, 0.1) is 0 Å². The SMILES string of the molecule is COc1ccc2nc(-c3ccc(OCCC[18F])cc3)cn2c1. The summed E-state index contributed by atoms with van der Waals surface area (Å²) in [5.41, 5.74) is 2.74. The molecule has 0 aliphatic carbocycles. The largest absolute Gasteiger partial charge is 0.495 e. The molecule has 0 fully saturated rings. The van der Waals surface area contributed by atoms with Gasteiger partial charge in [0.25, 0.3) is 0 Å². The number of benzene rings is 1. The van der Waals surface area contributed by atoms with Crippen molar-refractivity contribution in [2.75, 3.05) is 20.4 Å². The van der Waals surface area contributed by atoms with Crippen LogP contribution in [0.2, 0.25) is 0 Å². The van der Waals surface area contributed by atoms with Crippen LogP contribution in [-0.2, 0) is 0 Å². The van der Waals surface area contributed by atoms with Crippen LogP contribution in [0.1, 0.15) is 6.42 Å². The number of hydrogen-bond donors (Lipinski definition) is 0. The highest BCUT2D eigenvalue weighted by atomic mass is 18.2. The van der Waals surface area contributed by atoms with Crippen LogP contribution in [0.3, 0.4) is 0 Å². The van der Waals surface area contributed by atoms with E-state index in [1.807, 2.05) is 53.2 Å². The van der Waals surface area contributed by atoms with Gasteiger partial charge in [-0.05, 0) is 36.4 Å². The van der Waals surface area contributed by atoms with Crippen molar-refractivity contribution in [3.05, 3.63) is 48.8 Å². The second-order valence-corrected chi connectivity index (χ2v) is 4.88. The minimum atomic E-state index is -0.358. The second kappa shape index (κ2) is 6.47. The molecule has 0 saturated heterocycles. The van der Waals surface area contributed by atoms with Gasteiger partial charge >= 0.3 is 0 Å². The van der Waals surface area contributed by atoms with E-state index < -0.39 is 0 Å². The van der Waals surface area contributed by atoms with E-state index in [0.717, 1.165) is 28.4 Å². The molecule has 0 bridgehead atoms. The first-order valence-corrected chi connectivity index (χ1v) is 7.12. The number of pyridine rings is 1. The number of methoxy groups -OCH3 is 1. The first kappa shape index (κ1) is 14.4. The minimum absolute atomic E-state index is 0.358. The van der Waals surface area contributed by atoms with E-state index in [-0.39, 0.29) is 6.67 Å². The van der Waals surface area contributed by atoms with Crippen LogP contribution in [0.5, 0.6) is 11.5 Å². The van der Waals surface area contributed by atoms with Crippen LogP contribution in [-0.4, -0.2) is 29.8 Å². The molecule has 1 aromatic carbocycles. The molecule has 0 atom stereocenters. The van der Waals surface area contributed by atoms with E-state index in [2.05, 4.69) is 4.98 Å². The van der Waals surface area contributed by atoms with Crippen molar-refractivity contribution in [1.29, 1.82) is 0 Å². The molecule has 0 amide bonds. The summed E-state index contributed by atoms with van der Waals surface area (Å²) in [5.74, 6) is 1.52. The van der Waals surface area contributed by atoms with E-state index in [1.54, 1.807) is 7.11 Å². The third-order valence-electron chi connectivity index (χ3n) is 3.36. The molecule has 22 heavy (non-hydrogen) atoms. The Morgan fingerprint density at radius 2 is 1.82 bits per heavy atom. The molecule has 5 heteroatoms. The Morgan fingerprint density at radius 1 is 1.05 bits per heavy atom. The van der Waals surface area contributed by atoms with E-state index in [0.29, 0.717) is 13.0 Å².